The highest BCUT2D eigenvalue weighted by molar-refractivity contribution is 4.58. The van der Waals surface area contributed by atoms with Crippen molar-refractivity contribution in [2.45, 2.75) is 39.0 Å². The van der Waals surface area contributed by atoms with Gasteiger partial charge in [-0.25, -0.2) is 0 Å². The first-order valence-electron chi connectivity index (χ1n) is 7.76. The van der Waals surface area contributed by atoms with Crippen molar-refractivity contribution < 1.29 is 9.47 Å². The number of hydrogen-bond acceptors (Lipinski definition) is 4. The molecule has 0 heterocycles. The summed E-state index contributed by atoms with van der Waals surface area (Å²) >= 11 is 0. The number of nitrogens with one attached hydrogen (secondary N) is 1. The molecule has 0 saturated heterocycles. The monoisotopic (exact) mass is 274 g/mol. The summed E-state index contributed by atoms with van der Waals surface area (Å²) < 4.78 is 10.3. The zero-order valence-corrected chi connectivity index (χ0v) is 13.2. The molecule has 0 amide bonds. The van der Waals surface area contributed by atoms with Gasteiger partial charge in [0.15, 0.2) is 0 Å². The normalized spacial score (nSPS) is 11.4. The summed E-state index contributed by atoms with van der Waals surface area (Å²) in [5.41, 5.74) is 0. The second-order valence-corrected chi connectivity index (χ2v) is 4.99. The Balaban J connectivity index is 3.40. The molecule has 0 aromatic rings. The fraction of sp³-hybridized carbons (Fsp3) is 1.00. The van der Waals surface area contributed by atoms with Crippen LogP contribution in [0.25, 0.3) is 0 Å². The van der Waals surface area contributed by atoms with Crippen molar-refractivity contribution in [3.63, 3.8) is 0 Å². The van der Waals surface area contributed by atoms with Gasteiger partial charge in [-0.15, -0.1) is 0 Å². The predicted octanol–water partition coefficient (Wildman–Crippen LogP) is 2.14. The van der Waals surface area contributed by atoms with Crippen LogP contribution in [-0.4, -0.2) is 65.1 Å². The molecule has 1 N–H and O–H groups in total. The van der Waals surface area contributed by atoms with Crippen molar-refractivity contribution in [3.8, 4) is 0 Å². The fourth-order valence-corrected chi connectivity index (χ4v) is 2.02. The van der Waals surface area contributed by atoms with Crippen molar-refractivity contribution in [2.75, 3.05) is 60.2 Å². The van der Waals surface area contributed by atoms with Gasteiger partial charge in [0.1, 0.15) is 0 Å². The number of methoxy groups -OCH3 is 2. The van der Waals surface area contributed by atoms with Gasteiger partial charge in [0, 0.05) is 27.3 Å². The average Bonchev–Trinajstić information content (AvgIpc) is 2.43. The molecule has 4 heteroatoms. The second kappa shape index (κ2) is 15.9. The van der Waals surface area contributed by atoms with Crippen LogP contribution in [0.4, 0.5) is 0 Å². The molecular formula is C15H34N2O2. The lowest BCUT2D eigenvalue weighted by Gasteiger charge is -2.21. The zero-order chi connectivity index (χ0) is 14.2. The molecule has 4 nitrogen and oxygen atoms in total. The summed E-state index contributed by atoms with van der Waals surface area (Å²) in [6.45, 7) is 9.34. The molecule has 0 radical (unpaired) electrons. The summed E-state index contributed by atoms with van der Waals surface area (Å²) in [7, 11) is 3.52. The maximum Gasteiger partial charge on any atom is 0.0589 e. The minimum Gasteiger partial charge on any atom is -0.383 e. The molecule has 0 aromatic carbocycles. The van der Waals surface area contributed by atoms with Gasteiger partial charge in [-0.05, 0) is 38.9 Å². The molecule has 0 spiro atoms. The van der Waals surface area contributed by atoms with Gasteiger partial charge in [-0.1, -0.05) is 19.8 Å². The molecule has 0 aliphatic heterocycles. The molecule has 0 rings (SSSR count). The van der Waals surface area contributed by atoms with Gasteiger partial charge < -0.3 is 14.8 Å². The van der Waals surface area contributed by atoms with E-state index in [0.29, 0.717) is 0 Å². The Bertz CT molecular complexity index is 160. The first-order chi connectivity index (χ1) is 9.35. The predicted molar refractivity (Wildman–Crippen MR) is 81.8 cm³/mol. The average molecular weight is 274 g/mol. The first-order valence-corrected chi connectivity index (χ1v) is 7.76. The number of rotatable bonds is 15. The third kappa shape index (κ3) is 14.1. The molecule has 0 aliphatic carbocycles. The minimum absolute atomic E-state index is 0.810. The van der Waals surface area contributed by atoms with E-state index < -0.39 is 0 Å². The van der Waals surface area contributed by atoms with Gasteiger partial charge >= 0.3 is 0 Å². The van der Waals surface area contributed by atoms with Crippen molar-refractivity contribution in [1.82, 2.24) is 10.2 Å². The van der Waals surface area contributed by atoms with E-state index in [0.717, 1.165) is 39.4 Å². The van der Waals surface area contributed by atoms with Crippen molar-refractivity contribution >= 4 is 0 Å². The summed E-state index contributed by atoms with van der Waals surface area (Å²) in [4.78, 5) is 2.43. The van der Waals surface area contributed by atoms with Crippen LogP contribution in [-0.2, 0) is 9.47 Å². The number of ether oxygens (including phenoxy) is 2. The van der Waals surface area contributed by atoms with E-state index in [1.54, 1.807) is 14.2 Å². The summed E-state index contributed by atoms with van der Waals surface area (Å²) in [5, 5.41) is 3.45. The third-order valence-electron chi connectivity index (χ3n) is 3.23. The largest absolute Gasteiger partial charge is 0.383 e. The van der Waals surface area contributed by atoms with Gasteiger partial charge in [-0.2, -0.15) is 0 Å². The molecule has 0 bridgehead atoms. The maximum absolute atomic E-state index is 5.14. The molecule has 0 fully saturated rings. The standard InChI is InChI=1S/C15H34N2O2/c1-4-9-16-10-7-5-6-8-11-17(12-14-18-2)13-15-19-3/h16H,4-15H2,1-3H3. The molecule has 0 saturated carbocycles. The van der Waals surface area contributed by atoms with Crippen molar-refractivity contribution in [3.05, 3.63) is 0 Å². The van der Waals surface area contributed by atoms with Gasteiger partial charge in [0.25, 0.3) is 0 Å². The Kier molecular flexibility index (Phi) is 15.8. The Morgan fingerprint density at radius 2 is 1.42 bits per heavy atom. The molecule has 116 valence electrons. The van der Waals surface area contributed by atoms with E-state index in [4.69, 9.17) is 9.47 Å². The van der Waals surface area contributed by atoms with E-state index in [9.17, 15) is 0 Å². The van der Waals surface area contributed by atoms with E-state index in [1.165, 1.54) is 38.6 Å². The van der Waals surface area contributed by atoms with E-state index in [2.05, 4.69) is 17.1 Å². The lowest BCUT2D eigenvalue weighted by molar-refractivity contribution is 0.113. The molecule has 0 aliphatic rings. The molecular weight excluding hydrogens is 240 g/mol. The SMILES string of the molecule is CCCNCCCCCCN(CCOC)CCOC. The highest BCUT2D eigenvalue weighted by Crippen LogP contribution is 2.01. The van der Waals surface area contributed by atoms with E-state index in [-0.39, 0.29) is 0 Å². The number of hydrogen-bond donors (Lipinski definition) is 1. The van der Waals surface area contributed by atoms with Gasteiger partial charge in [0.05, 0.1) is 13.2 Å². The van der Waals surface area contributed by atoms with Gasteiger partial charge in [0.2, 0.25) is 0 Å². The lowest BCUT2D eigenvalue weighted by Crippen LogP contribution is -2.31. The number of unbranched alkanes of at least 4 members (excludes halogenated alkanes) is 3. The van der Waals surface area contributed by atoms with Gasteiger partial charge in [-0.3, -0.25) is 4.90 Å². The second-order valence-electron chi connectivity index (χ2n) is 4.99. The minimum atomic E-state index is 0.810. The molecule has 19 heavy (non-hydrogen) atoms. The summed E-state index contributed by atoms with van der Waals surface area (Å²) in [6, 6.07) is 0. The van der Waals surface area contributed by atoms with E-state index in [1.807, 2.05) is 0 Å². The fourth-order valence-electron chi connectivity index (χ4n) is 2.02. The Hall–Kier alpha value is -0.160. The van der Waals surface area contributed by atoms with Crippen LogP contribution >= 0.6 is 0 Å². The molecule has 0 aromatic heterocycles. The Morgan fingerprint density at radius 3 is 2.00 bits per heavy atom. The Labute approximate surface area is 119 Å². The van der Waals surface area contributed by atoms with Crippen LogP contribution in [0.3, 0.4) is 0 Å². The molecule has 0 unspecified atom stereocenters. The van der Waals surface area contributed by atoms with Crippen LogP contribution in [0.1, 0.15) is 39.0 Å². The smallest absolute Gasteiger partial charge is 0.0589 e. The first kappa shape index (κ1) is 18.8. The van der Waals surface area contributed by atoms with Crippen LogP contribution in [0.15, 0.2) is 0 Å². The lowest BCUT2D eigenvalue weighted by atomic mass is 10.2. The van der Waals surface area contributed by atoms with E-state index >= 15 is 0 Å². The maximum atomic E-state index is 5.14. The van der Waals surface area contributed by atoms with Crippen LogP contribution in [0, 0.1) is 0 Å². The van der Waals surface area contributed by atoms with Crippen molar-refractivity contribution in [1.29, 1.82) is 0 Å². The zero-order valence-electron chi connectivity index (χ0n) is 13.2. The molecule has 0 atom stereocenters. The van der Waals surface area contributed by atoms with Crippen molar-refractivity contribution in [2.24, 2.45) is 0 Å². The van der Waals surface area contributed by atoms with Crippen LogP contribution < -0.4 is 5.32 Å². The topological polar surface area (TPSA) is 33.7 Å². The van der Waals surface area contributed by atoms with Crippen LogP contribution in [0.5, 0.6) is 0 Å². The van der Waals surface area contributed by atoms with Crippen LogP contribution in [0.2, 0.25) is 0 Å². The summed E-state index contributed by atoms with van der Waals surface area (Å²) in [5.74, 6) is 0. The summed E-state index contributed by atoms with van der Waals surface area (Å²) in [6.07, 6.45) is 6.47. The highest BCUT2D eigenvalue weighted by atomic mass is 16.5. The number of nitrogens with zero attached hydrogens (tertiary/aromatic N) is 1. The third-order valence-corrected chi connectivity index (χ3v) is 3.23. The highest BCUT2D eigenvalue weighted by Gasteiger charge is 2.03. The quantitative estimate of drug-likeness (QED) is 0.464. The Morgan fingerprint density at radius 1 is 0.789 bits per heavy atom.